The summed E-state index contributed by atoms with van der Waals surface area (Å²) in [6.45, 7) is 5.10. The summed E-state index contributed by atoms with van der Waals surface area (Å²) in [5.74, 6) is 1.36. The minimum Gasteiger partial charge on any atom is -0.441 e. The average Bonchev–Trinajstić information content (AvgIpc) is 3.16. The molecule has 1 saturated heterocycles. The standard InChI is InChI=1S/C17H21N3O3/c1-11-12(2)23-16(19-11)13-5-3-6-14(9-13)20-17(21)18-10-15-7-4-8-22-15/h3,5-6,9,15H,4,7-8,10H2,1-2H3,(H2,18,20,21). The predicted octanol–water partition coefficient (Wildman–Crippen LogP) is 3.26. The normalized spacial score (nSPS) is 17.2. The van der Waals surface area contributed by atoms with Crippen LogP contribution in [0, 0.1) is 13.8 Å². The van der Waals surface area contributed by atoms with Crippen LogP contribution in [0.3, 0.4) is 0 Å². The Bertz CT molecular complexity index is 671. The van der Waals surface area contributed by atoms with Gasteiger partial charge in [0, 0.05) is 24.4 Å². The average molecular weight is 315 g/mol. The van der Waals surface area contributed by atoms with Crippen LogP contribution >= 0.6 is 0 Å². The molecule has 0 spiro atoms. The molecule has 2 aromatic rings. The number of nitrogens with zero attached hydrogens (tertiary/aromatic N) is 1. The Balaban J connectivity index is 1.61. The number of benzene rings is 1. The first-order chi connectivity index (χ1) is 11.1. The number of carbonyl (C=O) groups excluding carboxylic acids is 1. The molecule has 1 aromatic heterocycles. The fourth-order valence-electron chi connectivity index (χ4n) is 2.51. The minimum absolute atomic E-state index is 0.130. The second-order valence-electron chi connectivity index (χ2n) is 5.71. The van der Waals surface area contributed by atoms with Crippen molar-refractivity contribution in [1.82, 2.24) is 10.3 Å². The Morgan fingerprint density at radius 2 is 2.26 bits per heavy atom. The number of carbonyl (C=O) groups is 1. The van der Waals surface area contributed by atoms with Gasteiger partial charge in [-0.3, -0.25) is 0 Å². The number of hydrogen-bond acceptors (Lipinski definition) is 4. The molecule has 2 heterocycles. The highest BCUT2D eigenvalue weighted by atomic mass is 16.5. The van der Waals surface area contributed by atoms with Gasteiger partial charge in [-0.05, 0) is 44.9 Å². The summed E-state index contributed by atoms with van der Waals surface area (Å²) in [4.78, 5) is 16.3. The number of amides is 2. The lowest BCUT2D eigenvalue weighted by Crippen LogP contribution is -2.35. The molecule has 1 aliphatic heterocycles. The summed E-state index contributed by atoms with van der Waals surface area (Å²) in [6.07, 6.45) is 2.19. The molecule has 3 rings (SSSR count). The van der Waals surface area contributed by atoms with E-state index in [1.165, 1.54) is 0 Å². The molecule has 6 heteroatoms. The molecule has 1 aromatic carbocycles. The van der Waals surface area contributed by atoms with Gasteiger partial charge in [0.2, 0.25) is 5.89 Å². The molecular weight excluding hydrogens is 294 g/mol. The summed E-state index contributed by atoms with van der Waals surface area (Å²) in [6, 6.07) is 7.20. The van der Waals surface area contributed by atoms with Crippen LogP contribution in [0.1, 0.15) is 24.3 Å². The third-order valence-corrected chi connectivity index (χ3v) is 3.91. The van der Waals surface area contributed by atoms with Crippen LogP contribution in [-0.2, 0) is 4.74 Å². The van der Waals surface area contributed by atoms with Crippen molar-refractivity contribution in [2.45, 2.75) is 32.8 Å². The van der Waals surface area contributed by atoms with Crippen molar-refractivity contribution in [1.29, 1.82) is 0 Å². The van der Waals surface area contributed by atoms with Gasteiger partial charge in [-0.1, -0.05) is 6.07 Å². The molecule has 2 N–H and O–H groups in total. The summed E-state index contributed by atoms with van der Waals surface area (Å²) >= 11 is 0. The van der Waals surface area contributed by atoms with E-state index in [1.54, 1.807) is 0 Å². The van der Waals surface area contributed by atoms with Crippen molar-refractivity contribution in [3.63, 3.8) is 0 Å². The Morgan fingerprint density at radius 1 is 1.39 bits per heavy atom. The Kier molecular flexibility index (Phi) is 4.62. The van der Waals surface area contributed by atoms with E-state index in [-0.39, 0.29) is 12.1 Å². The number of nitrogens with one attached hydrogen (secondary N) is 2. The summed E-state index contributed by atoms with van der Waals surface area (Å²) < 4.78 is 11.1. The lowest BCUT2D eigenvalue weighted by Gasteiger charge is -2.12. The highest BCUT2D eigenvalue weighted by molar-refractivity contribution is 5.89. The van der Waals surface area contributed by atoms with Crippen LogP contribution in [0.15, 0.2) is 28.7 Å². The number of urea groups is 1. The van der Waals surface area contributed by atoms with Crippen LogP contribution in [0.4, 0.5) is 10.5 Å². The van der Waals surface area contributed by atoms with Crippen molar-refractivity contribution in [3.8, 4) is 11.5 Å². The molecule has 6 nitrogen and oxygen atoms in total. The molecule has 0 radical (unpaired) electrons. The van der Waals surface area contributed by atoms with E-state index in [4.69, 9.17) is 9.15 Å². The van der Waals surface area contributed by atoms with Gasteiger partial charge >= 0.3 is 6.03 Å². The third-order valence-electron chi connectivity index (χ3n) is 3.91. The first-order valence-electron chi connectivity index (χ1n) is 7.83. The highest BCUT2D eigenvalue weighted by Gasteiger charge is 2.16. The predicted molar refractivity (Wildman–Crippen MR) is 87.4 cm³/mol. The maximum Gasteiger partial charge on any atom is 0.319 e. The number of oxazole rings is 1. The van der Waals surface area contributed by atoms with E-state index in [9.17, 15) is 4.79 Å². The smallest absolute Gasteiger partial charge is 0.319 e. The molecule has 0 saturated carbocycles. The van der Waals surface area contributed by atoms with Crippen LogP contribution in [0.5, 0.6) is 0 Å². The molecule has 0 bridgehead atoms. The molecule has 122 valence electrons. The largest absolute Gasteiger partial charge is 0.441 e. The van der Waals surface area contributed by atoms with Gasteiger partial charge in [0.15, 0.2) is 0 Å². The molecule has 1 unspecified atom stereocenters. The maximum absolute atomic E-state index is 12.0. The lowest BCUT2D eigenvalue weighted by atomic mass is 10.2. The van der Waals surface area contributed by atoms with Gasteiger partial charge in [0.1, 0.15) is 5.76 Å². The molecule has 23 heavy (non-hydrogen) atoms. The van der Waals surface area contributed by atoms with E-state index in [0.717, 1.165) is 36.5 Å². The highest BCUT2D eigenvalue weighted by Crippen LogP contribution is 2.24. The number of hydrogen-bond donors (Lipinski definition) is 2. The van der Waals surface area contributed by atoms with Crippen LogP contribution < -0.4 is 10.6 Å². The van der Waals surface area contributed by atoms with Crippen molar-refractivity contribution in [2.24, 2.45) is 0 Å². The monoisotopic (exact) mass is 315 g/mol. The second-order valence-corrected chi connectivity index (χ2v) is 5.71. The van der Waals surface area contributed by atoms with Crippen molar-refractivity contribution in [3.05, 3.63) is 35.7 Å². The van der Waals surface area contributed by atoms with E-state index < -0.39 is 0 Å². The van der Waals surface area contributed by atoms with E-state index >= 15 is 0 Å². The molecule has 1 atom stereocenters. The molecule has 1 aliphatic rings. The van der Waals surface area contributed by atoms with Gasteiger partial charge in [-0.2, -0.15) is 0 Å². The van der Waals surface area contributed by atoms with Crippen LogP contribution in [0.25, 0.3) is 11.5 Å². The van der Waals surface area contributed by atoms with Crippen molar-refractivity contribution in [2.75, 3.05) is 18.5 Å². The van der Waals surface area contributed by atoms with Gasteiger partial charge in [0.25, 0.3) is 0 Å². The minimum atomic E-state index is -0.239. The zero-order valence-electron chi connectivity index (χ0n) is 13.4. The SMILES string of the molecule is Cc1nc(-c2cccc(NC(=O)NCC3CCCO3)c2)oc1C. The maximum atomic E-state index is 12.0. The first kappa shape index (κ1) is 15.6. The van der Waals surface area contributed by atoms with Crippen LogP contribution in [0.2, 0.25) is 0 Å². The Morgan fingerprint density at radius 3 is 2.96 bits per heavy atom. The van der Waals surface area contributed by atoms with Gasteiger partial charge in [-0.25, -0.2) is 9.78 Å². The summed E-state index contributed by atoms with van der Waals surface area (Å²) in [5.41, 5.74) is 2.40. The number of rotatable bonds is 4. The lowest BCUT2D eigenvalue weighted by molar-refractivity contribution is 0.112. The second kappa shape index (κ2) is 6.83. The fraction of sp³-hybridized carbons (Fsp3) is 0.412. The van der Waals surface area contributed by atoms with E-state index in [0.29, 0.717) is 18.1 Å². The Hall–Kier alpha value is -2.34. The van der Waals surface area contributed by atoms with Crippen molar-refractivity contribution >= 4 is 11.7 Å². The molecule has 1 fully saturated rings. The van der Waals surface area contributed by atoms with E-state index in [2.05, 4.69) is 15.6 Å². The summed E-state index contributed by atoms with van der Waals surface area (Å²) in [7, 11) is 0. The summed E-state index contributed by atoms with van der Waals surface area (Å²) in [5, 5.41) is 5.65. The Labute approximate surface area is 135 Å². The van der Waals surface area contributed by atoms with Crippen LogP contribution in [-0.4, -0.2) is 30.3 Å². The number of anilines is 1. The zero-order chi connectivity index (χ0) is 16.2. The van der Waals surface area contributed by atoms with Crippen molar-refractivity contribution < 1.29 is 13.9 Å². The number of aromatic nitrogens is 1. The molecule has 2 amide bonds. The topological polar surface area (TPSA) is 76.4 Å². The molecular formula is C17H21N3O3. The fourth-order valence-corrected chi connectivity index (χ4v) is 2.51. The van der Waals surface area contributed by atoms with Gasteiger partial charge in [0.05, 0.1) is 11.8 Å². The van der Waals surface area contributed by atoms with E-state index in [1.807, 2.05) is 38.1 Å². The quantitative estimate of drug-likeness (QED) is 0.908. The van der Waals surface area contributed by atoms with Gasteiger partial charge < -0.3 is 19.8 Å². The first-order valence-corrected chi connectivity index (χ1v) is 7.83. The molecule has 0 aliphatic carbocycles. The van der Waals surface area contributed by atoms with Gasteiger partial charge in [-0.15, -0.1) is 0 Å². The third kappa shape index (κ3) is 3.90. The number of ether oxygens (including phenoxy) is 1. The zero-order valence-corrected chi connectivity index (χ0v) is 13.4. The number of aryl methyl sites for hydroxylation is 2.